The number of benzene rings is 4. The molecule has 0 bridgehead atoms. The Balaban J connectivity index is 1.51. The second kappa shape index (κ2) is 13.5. The van der Waals surface area contributed by atoms with E-state index < -0.39 is 52.2 Å². The van der Waals surface area contributed by atoms with Gasteiger partial charge >= 0.3 is 6.18 Å². The number of hydrogen-bond acceptors (Lipinski definition) is 0. The molecule has 0 aliphatic carbocycles. The summed E-state index contributed by atoms with van der Waals surface area (Å²) in [4.78, 5) is 0. The first-order valence-electron chi connectivity index (χ1n) is 13.7. The molecule has 0 atom stereocenters. The van der Waals surface area contributed by atoms with E-state index in [1.165, 1.54) is 18.2 Å². The van der Waals surface area contributed by atoms with Crippen molar-refractivity contribution in [1.29, 1.82) is 0 Å². The molecule has 0 fully saturated rings. The van der Waals surface area contributed by atoms with Gasteiger partial charge in [-0.15, -0.1) is 0 Å². The number of hydrogen-bond donors (Lipinski definition) is 0. The van der Waals surface area contributed by atoms with E-state index in [0.29, 0.717) is 0 Å². The van der Waals surface area contributed by atoms with Crippen LogP contribution < -0.4 is 0 Å². The highest BCUT2D eigenvalue weighted by Gasteiger charge is 2.23. The number of halogens is 9. The Morgan fingerprint density at radius 3 is 1.70 bits per heavy atom. The van der Waals surface area contributed by atoms with E-state index >= 15 is 4.39 Å². The molecule has 4 aromatic rings. The van der Waals surface area contributed by atoms with Crippen molar-refractivity contribution < 1.29 is 39.5 Å². The molecule has 0 amide bonds. The third-order valence-electron chi connectivity index (χ3n) is 7.08. The van der Waals surface area contributed by atoms with Crippen LogP contribution in [0.2, 0.25) is 0 Å². The van der Waals surface area contributed by atoms with Gasteiger partial charge in [0.1, 0.15) is 34.9 Å². The van der Waals surface area contributed by atoms with Crippen LogP contribution in [0, 0.1) is 34.9 Å². The minimum Gasteiger partial charge on any atom is -0.207 e. The van der Waals surface area contributed by atoms with Gasteiger partial charge in [0.05, 0.1) is 0 Å². The predicted octanol–water partition coefficient (Wildman–Crippen LogP) is 10.9. The van der Waals surface area contributed by atoms with Gasteiger partial charge in [0.2, 0.25) is 0 Å². The van der Waals surface area contributed by atoms with E-state index in [2.05, 4.69) is 6.92 Å². The van der Waals surface area contributed by atoms with Gasteiger partial charge in [-0.25, -0.2) is 26.3 Å². The lowest BCUT2D eigenvalue weighted by molar-refractivity contribution is -0.0790. The maximum atomic E-state index is 15.1. The highest BCUT2D eigenvalue weighted by atomic mass is 19.4. The van der Waals surface area contributed by atoms with Crippen LogP contribution in [0.15, 0.2) is 66.7 Å². The zero-order valence-electron chi connectivity index (χ0n) is 23.1. The summed E-state index contributed by atoms with van der Waals surface area (Å²) in [5, 5.41) is 0. The van der Waals surface area contributed by atoms with E-state index in [-0.39, 0.29) is 52.8 Å². The van der Waals surface area contributed by atoms with Crippen molar-refractivity contribution in [2.75, 3.05) is 0 Å². The molecule has 0 heterocycles. The molecule has 4 aromatic carbocycles. The van der Waals surface area contributed by atoms with Crippen molar-refractivity contribution in [3.8, 4) is 22.3 Å². The number of rotatable bonds is 10. The van der Waals surface area contributed by atoms with Crippen molar-refractivity contribution in [3.05, 3.63) is 124 Å². The molecule has 9 heteroatoms. The first kappa shape index (κ1) is 31.9. The smallest absolute Gasteiger partial charge is 0.207 e. The topological polar surface area (TPSA) is 0 Å². The SMILES string of the molecule is CCCCCc1ccc(-c2ccc(-c3cc(F)c(CCc4cc(F)c(C=CC(F)(F)F)c(F)c4)c(F)c3)c(F)c2)c(F)c1. The normalized spacial score (nSPS) is 12.0. The van der Waals surface area contributed by atoms with E-state index in [1.54, 1.807) is 12.1 Å². The summed E-state index contributed by atoms with van der Waals surface area (Å²) in [5.74, 6) is -5.87. The third kappa shape index (κ3) is 8.09. The van der Waals surface area contributed by atoms with E-state index in [9.17, 15) is 35.1 Å². The highest BCUT2D eigenvalue weighted by molar-refractivity contribution is 5.72. The lowest BCUT2D eigenvalue weighted by Gasteiger charge is -2.12. The molecule has 43 heavy (non-hydrogen) atoms. The van der Waals surface area contributed by atoms with E-state index in [1.807, 2.05) is 0 Å². The molecule has 0 aromatic heterocycles. The molecule has 4 rings (SSSR count). The molecule has 226 valence electrons. The van der Waals surface area contributed by atoms with Crippen molar-refractivity contribution in [1.82, 2.24) is 0 Å². The number of allylic oxidation sites excluding steroid dienone is 1. The third-order valence-corrected chi connectivity index (χ3v) is 7.08. The zero-order chi connectivity index (χ0) is 31.3. The summed E-state index contributed by atoms with van der Waals surface area (Å²) in [6.07, 6.45) is -1.63. The van der Waals surface area contributed by atoms with Gasteiger partial charge in [0, 0.05) is 28.3 Å². The fraction of sp³-hybridized carbons (Fsp3) is 0.235. The first-order valence-corrected chi connectivity index (χ1v) is 13.7. The number of alkyl halides is 3. The quantitative estimate of drug-likeness (QED) is 0.124. The van der Waals surface area contributed by atoms with Crippen LogP contribution in [0.4, 0.5) is 39.5 Å². The van der Waals surface area contributed by atoms with E-state index in [4.69, 9.17) is 0 Å². The Bertz CT molecular complexity index is 1590. The average molecular weight is 607 g/mol. The molecule has 0 aliphatic rings. The van der Waals surface area contributed by atoms with Gasteiger partial charge in [0.15, 0.2) is 0 Å². The van der Waals surface area contributed by atoms with Crippen LogP contribution in [-0.2, 0) is 19.3 Å². The largest absolute Gasteiger partial charge is 0.409 e. The molecule has 0 radical (unpaired) electrons. The molecular weight excluding hydrogens is 579 g/mol. The van der Waals surface area contributed by atoms with Crippen molar-refractivity contribution in [2.24, 2.45) is 0 Å². The zero-order valence-corrected chi connectivity index (χ0v) is 23.1. The molecule has 0 spiro atoms. The molecule has 0 saturated carbocycles. The Kier molecular flexibility index (Phi) is 10.0. The summed E-state index contributed by atoms with van der Waals surface area (Å²) in [6, 6.07) is 12.1. The van der Waals surface area contributed by atoms with Crippen LogP contribution in [0.5, 0.6) is 0 Å². The van der Waals surface area contributed by atoms with Crippen LogP contribution in [-0.4, -0.2) is 6.18 Å². The van der Waals surface area contributed by atoms with Gasteiger partial charge in [-0.2, -0.15) is 13.2 Å². The summed E-state index contributed by atoms with van der Waals surface area (Å²) in [7, 11) is 0. The maximum Gasteiger partial charge on any atom is 0.409 e. The van der Waals surface area contributed by atoms with Gasteiger partial charge < -0.3 is 0 Å². The summed E-state index contributed by atoms with van der Waals surface area (Å²) >= 11 is 0. The molecule has 0 saturated heterocycles. The van der Waals surface area contributed by atoms with Crippen molar-refractivity contribution in [3.63, 3.8) is 0 Å². The van der Waals surface area contributed by atoms with Gasteiger partial charge in [-0.3, -0.25) is 0 Å². The lowest BCUT2D eigenvalue weighted by Crippen LogP contribution is -2.03. The van der Waals surface area contributed by atoms with Crippen molar-refractivity contribution in [2.45, 2.75) is 51.6 Å². The Labute approximate surface area is 243 Å². The van der Waals surface area contributed by atoms with Gasteiger partial charge in [0.25, 0.3) is 0 Å². The maximum absolute atomic E-state index is 15.1. The molecule has 0 unspecified atom stereocenters. The Morgan fingerprint density at radius 1 is 0.558 bits per heavy atom. The standard InChI is InChI=1S/C34H27F9/c1-2-3-4-5-20-6-9-24(28(35)14-20)22-8-11-25(31(38)17-22)23-18-32(39)26(33(40)19-23)10-7-21-15-29(36)27(30(37)16-21)12-13-34(41,42)43/h6,8-9,11-19H,2-5,7,10H2,1H3. The lowest BCUT2D eigenvalue weighted by atomic mass is 9.95. The number of unbranched alkanes of at least 4 members (excludes halogenated alkanes) is 2. The van der Waals surface area contributed by atoms with Crippen LogP contribution in [0.1, 0.15) is 48.4 Å². The summed E-state index contributed by atoms with van der Waals surface area (Å²) < 4.78 is 125. The van der Waals surface area contributed by atoms with Crippen LogP contribution in [0.25, 0.3) is 28.3 Å². The highest BCUT2D eigenvalue weighted by Crippen LogP contribution is 2.32. The monoisotopic (exact) mass is 606 g/mol. The summed E-state index contributed by atoms with van der Waals surface area (Å²) in [5.41, 5.74) is -0.260. The molecule has 0 N–H and O–H groups in total. The minimum absolute atomic E-state index is 0.0232. The molecular formula is C34H27F9. The van der Waals surface area contributed by atoms with Gasteiger partial charge in [-0.05, 0) is 90.4 Å². The minimum atomic E-state index is -4.76. The Hall–Kier alpha value is -4.01. The fourth-order valence-corrected chi connectivity index (χ4v) is 4.83. The summed E-state index contributed by atoms with van der Waals surface area (Å²) in [6.45, 7) is 2.07. The predicted molar refractivity (Wildman–Crippen MR) is 149 cm³/mol. The molecule has 0 nitrogen and oxygen atoms in total. The van der Waals surface area contributed by atoms with E-state index in [0.717, 1.165) is 61.6 Å². The van der Waals surface area contributed by atoms with Crippen molar-refractivity contribution >= 4 is 6.08 Å². The average Bonchev–Trinajstić information content (AvgIpc) is 2.91. The first-order chi connectivity index (χ1) is 20.4. The van der Waals surface area contributed by atoms with Gasteiger partial charge in [-0.1, -0.05) is 44.0 Å². The van der Waals surface area contributed by atoms with Crippen LogP contribution >= 0.6 is 0 Å². The second-order valence-electron chi connectivity index (χ2n) is 10.2. The second-order valence-corrected chi connectivity index (χ2v) is 10.2. The Morgan fingerprint density at radius 2 is 1.12 bits per heavy atom. The molecule has 0 aliphatic heterocycles. The fourth-order valence-electron chi connectivity index (χ4n) is 4.83. The number of aryl methyl sites for hydroxylation is 2. The van der Waals surface area contributed by atoms with Crippen LogP contribution in [0.3, 0.4) is 0 Å².